The van der Waals surface area contributed by atoms with Crippen LogP contribution in [0, 0.1) is 5.41 Å². The zero-order valence-electron chi connectivity index (χ0n) is 8.96. The fraction of sp³-hybridized carbons (Fsp3) is 0.900. The Bertz CT molecular complexity index is 166. The molecule has 1 unspecified atom stereocenters. The molecule has 3 nitrogen and oxygen atoms in total. The molecule has 1 atom stereocenters. The highest BCUT2D eigenvalue weighted by molar-refractivity contribution is 5.74. The number of carboxylic acids is 1. The van der Waals surface area contributed by atoms with Gasteiger partial charge < -0.3 is 9.84 Å². The Hall–Kier alpha value is -0.570. The summed E-state index contributed by atoms with van der Waals surface area (Å²) in [6.45, 7) is 7.84. The van der Waals surface area contributed by atoms with E-state index in [9.17, 15) is 4.79 Å². The molecule has 0 aliphatic heterocycles. The number of carboxylic acid groups (broad SMARTS) is 1. The lowest BCUT2D eigenvalue weighted by Gasteiger charge is -2.25. The van der Waals surface area contributed by atoms with Crippen LogP contribution in [-0.4, -0.2) is 23.8 Å². The maximum absolute atomic E-state index is 10.9. The second-order valence-corrected chi connectivity index (χ2v) is 3.98. The lowest BCUT2D eigenvalue weighted by Crippen LogP contribution is -2.33. The van der Waals surface area contributed by atoms with Gasteiger partial charge in [0.25, 0.3) is 0 Å². The van der Waals surface area contributed by atoms with Crippen LogP contribution in [0.2, 0.25) is 0 Å². The van der Waals surface area contributed by atoms with Gasteiger partial charge in [0.15, 0.2) is 0 Å². The molecular weight excluding hydrogens is 168 g/mol. The third-order valence-corrected chi connectivity index (χ3v) is 2.05. The molecule has 3 heteroatoms. The number of aliphatic carboxylic acids is 1. The number of carbonyl (C=O) groups is 1. The Morgan fingerprint density at radius 3 is 2.38 bits per heavy atom. The van der Waals surface area contributed by atoms with E-state index in [4.69, 9.17) is 9.84 Å². The van der Waals surface area contributed by atoms with E-state index in [-0.39, 0.29) is 6.10 Å². The monoisotopic (exact) mass is 188 g/mol. The van der Waals surface area contributed by atoms with Gasteiger partial charge in [0.05, 0.1) is 18.1 Å². The van der Waals surface area contributed by atoms with Crippen LogP contribution in [0.4, 0.5) is 0 Å². The molecular formula is C10H20O3. The van der Waals surface area contributed by atoms with Gasteiger partial charge >= 0.3 is 5.97 Å². The van der Waals surface area contributed by atoms with E-state index >= 15 is 0 Å². The van der Waals surface area contributed by atoms with Crippen molar-refractivity contribution in [3.8, 4) is 0 Å². The summed E-state index contributed by atoms with van der Waals surface area (Å²) >= 11 is 0. The minimum Gasteiger partial charge on any atom is -0.481 e. The number of hydrogen-bond donors (Lipinski definition) is 1. The Morgan fingerprint density at radius 1 is 1.54 bits per heavy atom. The van der Waals surface area contributed by atoms with Crippen molar-refractivity contribution in [2.75, 3.05) is 6.61 Å². The van der Waals surface area contributed by atoms with Crippen molar-refractivity contribution in [3.63, 3.8) is 0 Å². The van der Waals surface area contributed by atoms with Crippen LogP contribution in [0.15, 0.2) is 0 Å². The lowest BCUT2D eigenvalue weighted by atomic mass is 9.87. The molecule has 0 aliphatic carbocycles. The molecule has 0 rings (SSSR count). The van der Waals surface area contributed by atoms with Crippen LogP contribution in [0.25, 0.3) is 0 Å². The van der Waals surface area contributed by atoms with Gasteiger partial charge in [0.1, 0.15) is 0 Å². The summed E-state index contributed by atoms with van der Waals surface area (Å²) in [5.41, 5.74) is -0.723. The Kier molecular flexibility index (Phi) is 4.99. The third kappa shape index (κ3) is 4.27. The van der Waals surface area contributed by atoms with Crippen LogP contribution < -0.4 is 0 Å². The fourth-order valence-electron chi connectivity index (χ4n) is 1.14. The summed E-state index contributed by atoms with van der Waals surface area (Å²) in [5.74, 6) is -0.769. The van der Waals surface area contributed by atoms with Crippen molar-refractivity contribution >= 4 is 5.97 Å². The van der Waals surface area contributed by atoms with E-state index in [0.717, 1.165) is 6.42 Å². The van der Waals surface area contributed by atoms with E-state index in [1.54, 1.807) is 6.92 Å². The Labute approximate surface area is 80.1 Å². The summed E-state index contributed by atoms with van der Waals surface area (Å²) in [6, 6.07) is 0. The molecule has 0 aliphatic rings. The van der Waals surface area contributed by atoms with Crippen LogP contribution in [0.3, 0.4) is 0 Å². The first-order valence-electron chi connectivity index (χ1n) is 4.77. The predicted octanol–water partition coefficient (Wildman–Crippen LogP) is 2.30. The summed E-state index contributed by atoms with van der Waals surface area (Å²) in [4.78, 5) is 10.9. The van der Waals surface area contributed by atoms with Crippen molar-refractivity contribution in [3.05, 3.63) is 0 Å². The minimum atomic E-state index is -0.769. The first kappa shape index (κ1) is 12.4. The topological polar surface area (TPSA) is 46.5 Å². The molecule has 0 heterocycles. The zero-order valence-corrected chi connectivity index (χ0v) is 8.96. The van der Waals surface area contributed by atoms with E-state index in [2.05, 4.69) is 0 Å². The highest BCUT2D eigenvalue weighted by Gasteiger charge is 2.32. The highest BCUT2D eigenvalue weighted by atomic mass is 16.5. The SMILES string of the molecule is CCCC(C)(COC(C)C)C(=O)O. The maximum Gasteiger partial charge on any atom is 0.311 e. The standard InChI is InChI=1S/C10H20O3/c1-5-6-10(4,9(11)12)7-13-8(2)3/h8H,5-7H2,1-4H3,(H,11,12). The van der Waals surface area contributed by atoms with E-state index < -0.39 is 11.4 Å². The quantitative estimate of drug-likeness (QED) is 0.695. The molecule has 0 fully saturated rings. The van der Waals surface area contributed by atoms with Gasteiger partial charge in [-0.3, -0.25) is 4.79 Å². The van der Waals surface area contributed by atoms with Gasteiger partial charge in [-0.05, 0) is 27.2 Å². The van der Waals surface area contributed by atoms with Crippen LogP contribution >= 0.6 is 0 Å². The molecule has 0 aromatic carbocycles. The van der Waals surface area contributed by atoms with Crippen LogP contribution in [0.1, 0.15) is 40.5 Å². The van der Waals surface area contributed by atoms with E-state index in [0.29, 0.717) is 13.0 Å². The fourth-order valence-corrected chi connectivity index (χ4v) is 1.14. The van der Waals surface area contributed by atoms with Crippen molar-refractivity contribution in [1.82, 2.24) is 0 Å². The predicted molar refractivity (Wildman–Crippen MR) is 51.7 cm³/mol. The van der Waals surface area contributed by atoms with Gasteiger partial charge in [0.2, 0.25) is 0 Å². The van der Waals surface area contributed by atoms with Gasteiger partial charge in [-0.2, -0.15) is 0 Å². The molecule has 0 aromatic heterocycles. The van der Waals surface area contributed by atoms with Crippen molar-refractivity contribution in [1.29, 1.82) is 0 Å². The number of hydrogen-bond acceptors (Lipinski definition) is 2. The average Bonchev–Trinajstić information content (AvgIpc) is 2.01. The molecule has 0 aromatic rings. The summed E-state index contributed by atoms with van der Waals surface area (Å²) in [7, 11) is 0. The van der Waals surface area contributed by atoms with E-state index in [1.165, 1.54) is 0 Å². The molecule has 78 valence electrons. The van der Waals surface area contributed by atoms with Crippen molar-refractivity contribution in [2.45, 2.75) is 46.6 Å². The molecule has 0 saturated heterocycles. The Morgan fingerprint density at radius 2 is 2.08 bits per heavy atom. The number of rotatable bonds is 6. The van der Waals surface area contributed by atoms with Gasteiger partial charge in [0, 0.05) is 0 Å². The summed E-state index contributed by atoms with van der Waals surface area (Å²) < 4.78 is 5.34. The Balaban J connectivity index is 4.16. The second kappa shape index (κ2) is 5.22. The average molecular weight is 188 g/mol. The summed E-state index contributed by atoms with van der Waals surface area (Å²) in [5, 5.41) is 9.00. The van der Waals surface area contributed by atoms with Gasteiger partial charge in [-0.1, -0.05) is 13.3 Å². The van der Waals surface area contributed by atoms with Gasteiger partial charge in [-0.25, -0.2) is 0 Å². The molecule has 1 N–H and O–H groups in total. The van der Waals surface area contributed by atoms with E-state index in [1.807, 2.05) is 20.8 Å². The largest absolute Gasteiger partial charge is 0.481 e. The summed E-state index contributed by atoms with van der Waals surface area (Å²) in [6.07, 6.45) is 1.62. The van der Waals surface area contributed by atoms with Crippen molar-refractivity contribution in [2.24, 2.45) is 5.41 Å². The maximum atomic E-state index is 10.9. The molecule has 13 heavy (non-hydrogen) atoms. The second-order valence-electron chi connectivity index (χ2n) is 3.98. The van der Waals surface area contributed by atoms with Crippen molar-refractivity contribution < 1.29 is 14.6 Å². The zero-order chi connectivity index (χ0) is 10.5. The minimum absolute atomic E-state index is 0.0931. The molecule has 0 radical (unpaired) electrons. The highest BCUT2D eigenvalue weighted by Crippen LogP contribution is 2.24. The third-order valence-electron chi connectivity index (χ3n) is 2.05. The smallest absolute Gasteiger partial charge is 0.311 e. The van der Waals surface area contributed by atoms with Crippen LogP contribution in [-0.2, 0) is 9.53 Å². The molecule has 0 bridgehead atoms. The molecule has 0 saturated carbocycles. The number of ether oxygens (including phenoxy) is 1. The first-order valence-corrected chi connectivity index (χ1v) is 4.77. The lowest BCUT2D eigenvalue weighted by molar-refractivity contribution is -0.153. The molecule has 0 spiro atoms. The normalized spacial score (nSPS) is 15.8. The first-order chi connectivity index (χ1) is 5.92. The molecule has 0 amide bonds. The van der Waals surface area contributed by atoms with Crippen LogP contribution in [0.5, 0.6) is 0 Å². The van der Waals surface area contributed by atoms with Gasteiger partial charge in [-0.15, -0.1) is 0 Å².